The zero-order valence-electron chi connectivity index (χ0n) is 12.2. The predicted octanol–water partition coefficient (Wildman–Crippen LogP) is 0.655. The van der Waals surface area contributed by atoms with E-state index in [-0.39, 0.29) is 17.6 Å². The number of amides is 3. The number of nitrogens with zero attached hydrogens (tertiary/aromatic N) is 3. The number of ether oxygens (including phenoxy) is 1. The molecule has 0 radical (unpaired) electrons. The number of rotatable bonds is 3. The Kier molecular flexibility index (Phi) is 2.53. The van der Waals surface area contributed by atoms with Gasteiger partial charge in [-0.15, -0.1) is 0 Å². The van der Waals surface area contributed by atoms with Crippen molar-refractivity contribution in [2.75, 3.05) is 39.9 Å². The van der Waals surface area contributed by atoms with Crippen LogP contribution in [-0.4, -0.2) is 83.4 Å². The number of urea groups is 1. The molecule has 5 rings (SSSR count). The highest BCUT2D eigenvalue weighted by Crippen LogP contribution is 2.70. The van der Waals surface area contributed by atoms with Crippen LogP contribution in [-0.2, 0) is 4.74 Å². The fourth-order valence-corrected chi connectivity index (χ4v) is 4.96. The van der Waals surface area contributed by atoms with E-state index in [4.69, 9.17) is 9.84 Å². The SMILES string of the molecule is COCC12CC(N3C[C@@H]4CN(C(=O)O)CCN4C3=O)(C1)C2. The predicted molar refractivity (Wildman–Crippen MR) is 73.1 cm³/mol. The standard InChI is InChI=1S/C14H21N3O4/c1-21-9-13-6-14(7-13,8-13)17-5-10-4-15(12(19)20)2-3-16(10)11(17)18/h10H,2-9H2,1H3,(H,19,20)/t10-,13?,14?/m0/s1. The molecule has 2 bridgehead atoms. The Morgan fingerprint density at radius 3 is 2.67 bits per heavy atom. The molecule has 0 aromatic heterocycles. The molecule has 5 fully saturated rings. The van der Waals surface area contributed by atoms with Gasteiger partial charge < -0.3 is 24.5 Å². The van der Waals surface area contributed by atoms with Gasteiger partial charge in [0.05, 0.1) is 12.6 Å². The Labute approximate surface area is 123 Å². The summed E-state index contributed by atoms with van der Waals surface area (Å²) in [6.45, 7) is 2.84. The molecule has 3 saturated carbocycles. The van der Waals surface area contributed by atoms with Crippen LogP contribution in [0.3, 0.4) is 0 Å². The normalized spacial score (nSPS) is 40.7. The van der Waals surface area contributed by atoms with Gasteiger partial charge in [0, 0.05) is 44.2 Å². The summed E-state index contributed by atoms with van der Waals surface area (Å²) in [5, 5.41) is 9.10. The van der Waals surface area contributed by atoms with Gasteiger partial charge in [-0.2, -0.15) is 0 Å². The summed E-state index contributed by atoms with van der Waals surface area (Å²) in [5.41, 5.74) is 0.353. The first-order valence-electron chi connectivity index (χ1n) is 7.54. The minimum absolute atomic E-state index is 0.0229. The number of hydrogen-bond donors (Lipinski definition) is 1. The summed E-state index contributed by atoms with van der Waals surface area (Å²) >= 11 is 0. The average molecular weight is 295 g/mol. The first kappa shape index (κ1) is 13.2. The van der Waals surface area contributed by atoms with Gasteiger partial charge in [0.15, 0.2) is 0 Å². The van der Waals surface area contributed by atoms with Crippen LogP contribution in [0, 0.1) is 5.41 Å². The third kappa shape index (κ3) is 1.64. The second kappa shape index (κ2) is 4.03. The van der Waals surface area contributed by atoms with E-state index >= 15 is 0 Å². The molecule has 7 heteroatoms. The van der Waals surface area contributed by atoms with E-state index < -0.39 is 6.09 Å². The average Bonchev–Trinajstić information content (AvgIpc) is 2.69. The van der Waals surface area contributed by atoms with Gasteiger partial charge in [-0.1, -0.05) is 0 Å². The zero-order valence-corrected chi connectivity index (χ0v) is 12.2. The number of methoxy groups -OCH3 is 1. The third-order valence-electron chi connectivity index (χ3n) is 5.76. The number of fused-ring (bicyclic) bond motifs is 1. The van der Waals surface area contributed by atoms with Crippen LogP contribution < -0.4 is 0 Å². The van der Waals surface area contributed by atoms with Crippen LogP contribution >= 0.6 is 0 Å². The molecule has 3 aliphatic carbocycles. The van der Waals surface area contributed by atoms with Gasteiger partial charge in [0.2, 0.25) is 0 Å². The van der Waals surface area contributed by atoms with Gasteiger partial charge in [0.25, 0.3) is 0 Å². The zero-order chi connectivity index (χ0) is 14.8. The molecule has 1 atom stereocenters. The van der Waals surface area contributed by atoms with E-state index in [1.807, 2.05) is 9.80 Å². The molecule has 2 aliphatic heterocycles. The molecule has 7 nitrogen and oxygen atoms in total. The minimum atomic E-state index is -0.884. The summed E-state index contributed by atoms with van der Waals surface area (Å²) in [6, 6.07) is 0.130. The highest BCUT2D eigenvalue weighted by atomic mass is 16.5. The van der Waals surface area contributed by atoms with E-state index in [1.165, 1.54) is 4.90 Å². The maximum absolute atomic E-state index is 12.6. The molecule has 1 N–H and O–H groups in total. The van der Waals surface area contributed by atoms with Crippen molar-refractivity contribution in [3.63, 3.8) is 0 Å². The summed E-state index contributed by atoms with van der Waals surface area (Å²) in [5.74, 6) is 0. The molecule has 2 saturated heterocycles. The lowest BCUT2D eigenvalue weighted by molar-refractivity contribution is -0.222. The van der Waals surface area contributed by atoms with Crippen LogP contribution in [0.15, 0.2) is 0 Å². The molecular formula is C14H21N3O4. The van der Waals surface area contributed by atoms with Crippen LogP contribution in [0.5, 0.6) is 0 Å². The highest BCUT2D eigenvalue weighted by molar-refractivity contribution is 5.79. The molecule has 0 unspecified atom stereocenters. The van der Waals surface area contributed by atoms with Crippen molar-refractivity contribution in [1.29, 1.82) is 0 Å². The first-order valence-corrected chi connectivity index (χ1v) is 7.54. The van der Waals surface area contributed by atoms with Gasteiger partial charge in [-0.25, -0.2) is 9.59 Å². The molecule has 116 valence electrons. The van der Waals surface area contributed by atoms with Crippen molar-refractivity contribution in [1.82, 2.24) is 14.7 Å². The number of hydrogen-bond acceptors (Lipinski definition) is 3. The fourth-order valence-electron chi connectivity index (χ4n) is 4.96. The largest absolute Gasteiger partial charge is 0.465 e. The van der Waals surface area contributed by atoms with E-state index in [1.54, 1.807) is 7.11 Å². The molecular weight excluding hydrogens is 274 g/mol. The lowest BCUT2D eigenvalue weighted by atomic mass is 9.39. The Bertz CT molecular complexity index is 489. The lowest BCUT2D eigenvalue weighted by Crippen LogP contribution is -2.76. The molecule has 21 heavy (non-hydrogen) atoms. The number of piperazine rings is 1. The van der Waals surface area contributed by atoms with Crippen molar-refractivity contribution in [3.05, 3.63) is 0 Å². The maximum atomic E-state index is 12.6. The Morgan fingerprint density at radius 2 is 2.05 bits per heavy atom. The number of carbonyl (C=O) groups is 2. The Morgan fingerprint density at radius 1 is 1.33 bits per heavy atom. The lowest BCUT2D eigenvalue weighted by Gasteiger charge is -2.73. The smallest absolute Gasteiger partial charge is 0.407 e. The summed E-state index contributed by atoms with van der Waals surface area (Å²) in [4.78, 5) is 29.0. The van der Waals surface area contributed by atoms with Crippen LogP contribution in [0.1, 0.15) is 19.3 Å². The van der Waals surface area contributed by atoms with Crippen molar-refractivity contribution < 1.29 is 19.4 Å². The highest BCUT2D eigenvalue weighted by Gasteiger charge is 2.72. The van der Waals surface area contributed by atoms with E-state index in [0.29, 0.717) is 31.6 Å². The molecule has 2 heterocycles. The second-order valence-corrected chi connectivity index (χ2v) is 7.16. The monoisotopic (exact) mass is 295 g/mol. The van der Waals surface area contributed by atoms with Crippen molar-refractivity contribution >= 4 is 12.1 Å². The van der Waals surface area contributed by atoms with Crippen molar-refractivity contribution in [3.8, 4) is 0 Å². The van der Waals surface area contributed by atoms with Gasteiger partial charge >= 0.3 is 12.1 Å². The first-order chi connectivity index (χ1) is 9.99. The van der Waals surface area contributed by atoms with Gasteiger partial charge in [-0.3, -0.25) is 0 Å². The van der Waals surface area contributed by atoms with Crippen LogP contribution in [0.4, 0.5) is 9.59 Å². The fraction of sp³-hybridized carbons (Fsp3) is 0.857. The molecule has 0 spiro atoms. The Balaban J connectivity index is 1.44. The van der Waals surface area contributed by atoms with Gasteiger partial charge in [0.1, 0.15) is 0 Å². The van der Waals surface area contributed by atoms with Crippen LogP contribution in [0.2, 0.25) is 0 Å². The minimum Gasteiger partial charge on any atom is -0.465 e. The topological polar surface area (TPSA) is 73.3 Å². The molecule has 0 aromatic rings. The Hall–Kier alpha value is -1.50. The van der Waals surface area contributed by atoms with Crippen LogP contribution in [0.25, 0.3) is 0 Å². The third-order valence-corrected chi connectivity index (χ3v) is 5.76. The van der Waals surface area contributed by atoms with Gasteiger partial charge in [-0.05, 0) is 19.3 Å². The maximum Gasteiger partial charge on any atom is 0.407 e. The molecule has 5 aliphatic rings. The van der Waals surface area contributed by atoms with Crippen molar-refractivity contribution in [2.24, 2.45) is 5.41 Å². The molecule has 0 aromatic carbocycles. The number of carbonyl (C=O) groups excluding carboxylic acids is 1. The van der Waals surface area contributed by atoms with E-state index in [9.17, 15) is 9.59 Å². The summed E-state index contributed by atoms with van der Waals surface area (Å²) in [6.07, 6.45) is 2.25. The van der Waals surface area contributed by atoms with E-state index in [0.717, 1.165) is 25.9 Å². The van der Waals surface area contributed by atoms with E-state index in [2.05, 4.69) is 0 Å². The number of carboxylic acid groups (broad SMARTS) is 1. The summed E-state index contributed by atoms with van der Waals surface area (Å²) in [7, 11) is 1.73. The second-order valence-electron chi connectivity index (χ2n) is 7.16. The van der Waals surface area contributed by atoms with Crippen molar-refractivity contribution in [2.45, 2.75) is 30.8 Å². The molecule has 3 amide bonds. The summed E-state index contributed by atoms with van der Waals surface area (Å²) < 4.78 is 5.27. The quantitative estimate of drug-likeness (QED) is 0.830.